The number of carbonyl (C=O) groups is 2. The third kappa shape index (κ3) is 8.39. The van der Waals surface area contributed by atoms with Crippen LogP contribution in [0, 0.1) is 0 Å². The monoisotopic (exact) mass is 477 g/mol. The first kappa shape index (κ1) is 26.1. The van der Waals surface area contributed by atoms with E-state index in [-0.39, 0.29) is 11.5 Å². The molecule has 0 atom stereocenters. The Morgan fingerprint density at radius 2 is 1.73 bits per heavy atom. The predicted molar refractivity (Wildman–Crippen MR) is 128 cm³/mol. The fraction of sp³-hybridized carbons (Fsp3) is 0.391. The van der Waals surface area contributed by atoms with Gasteiger partial charge in [0.05, 0.1) is 29.8 Å². The number of nitrogens with zero attached hydrogens (tertiary/aromatic N) is 1. The van der Waals surface area contributed by atoms with E-state index >= 15 is 0 Å². The van der Waals surface area contributed by atoms with Gasteiger partial charge in [0.25, 0.3) is 5.91 Å². The van der Waals surface area contributed by atoms with Gasteiger partial charge in [-0.1, -0.05) is 19.1 Å². The minimum absolute atomic E-state index is 0.284. The van der Waals surface area contributed by atoms with Gasteiger partial charge in [0.2, 0.25) is 15.9 Å². The summed E-state index contributed by atoms with van der Waals surface area (Å²) in [5.41, 5.74) is 0.913. The molecule has 0 spiro atoms. The lowest BCUT2D eigenvalue weighted by molar-refractivity contribution is -0.114. The van der Waals surface area contributed by atoms with Gasteiger partial charge in [0.15, 0.2) is 0 Å². The zero-order chi connectivity index (χ0) is 24.3. The Bertz CT molecular complexity index is 1020. The van der Waals surface area contributed by atoms with Crippen molar-refractivity contribution < 1.29 is 27.5 Å². The van der Waals surface area contributed by atoms with Gasteiger partial charge in [-0.25, -0.2) is 8.42 Å². The second-order valence-electron chi connectivity index (χ2n) is 7.31. The summed E-state index contributed by atoms with van der Waals surface area (Å²) in [6.45, 7) is 3.04. The van der Waals surface area contributed by atoms with E-state index in [0.717, 1.165) is 17.0 Å². The zero-order valence-corrected chi connectivity index (χ0v) is 20.0. The molecule has 0 radical (unpaired) electrons. The molecule has 10 heteroatoms. The fourth-order valence-electron chi connectivity index (χ4n) is 2.95. The highest BCUT2D eigenvalue weighted by Crippen LogP contribution is 2.22. The summed E-state index contributed by atoms with van der Waals surface area (Å²) in [5, 5.41) is 5.42. The molecule has 33 heavy (non-hydrogen) atoms. The van der Waals surface area contributed by atoms with E-state index in [1.807, 2.05) is 6.92 Å². The van der Waals surface area contributed by atoms with E-state index in [9.17, 15) is 18.0 Å². The molecule has 0 bridgehead atoms. The van der Waals surface area contributed by atoms with E-state index in [0.29, 0.717) is 43.3 Å². The lowest BCUT2D eigenvalue weighted by atomic mass is 10.1. The maximum absolute atomic E-state index is 12.7. The highest BCUT2D eigenvalue weighted by atomic mass is 32.2. The number of para-hydroxylation sites is 1. The van der Waals surface area contributed by atoms with Gasteiger partial charge in [-0.05, 0) is 49.2 Å². The third-order valence-corrected chi connectivity index (χ3v) is 5.68. The van der Waals surface area contributed by atoms with E-state index in [1.165, 1.54) is 0 Å². The lowest BCUT2D eigenvalue weighted by Gasteiger charge is -2.22. The van der Waals surface area contributed by atoms with Crippen LogP contribution in [-0.2, 0) is 19.6 Å². The number of methoxy groups -OCH3 is 1. The van der Waals surface area contributed by atoms with Crippen molar-refractivity contribution >= 4 is 33.2 Å². The minimum atomic E-state index is -3.74. The summed E-state index contributed by atoms with van der Waals surface area (Å²) in [7, 11) is -2.15. The second-order valence-corrected chi connectivity index (χ2v) is 9.21. The Hall–Kier alpha value is -3.11. The summed E-state index contributed by atoms with van der Waals surface area (Å²) in [6.07, 6.45) is 2.54. The Morgan fingerprint density at radius 3 is 2.36 bits per heavy atom. The fourth-order valence-corrected chi connectivity index (χ4v) is 3.81. The number of carbonyl (C=O) groups excluding carboxylic acids is 2. The van der Waals surface area contributed by atoms with Crippen LogP contribution in [0.15, 0.2) is 48.5 Å². The molecule has 2 amide bonds. The van der Waals surface area contributed by atoms with Crippen LogP contribution >= 0.6 is 0 Å². The number of nitrogens with one attached hydrogen (secondary N) is 2. The van der Waals surface area contributed by atoms with Crippen molar-refractivity contribution in [3.8, 4) is 5.75 Å². The standard InChI is InChI=1S/C23H31N3O6S/c1-4-15-32-19-12-10-18(11-13-19)26(33(3,29)30)17-22(27)25-21-9-6-5-8-20(21)23(28)24-14-7-16-31-2/h5-6,8-13H,4,7,14-17H2,1-3H3,(H,24,28)(H,25,27). The zero-order valence-electron chi connectivity index (χ0n) is 19.2. The molecule has 0 aliphatic heterocycles. The van der Waals surface area contributed by atoms with E-state index < -0.39 is 22.5 Å². The Kier molecular flexibility index (Phi) is 10.1. The maximum Gasteiger partial charge on any atom is 0.253 e. The van der Waals surface area contributed by atoms with Crippen molar-refractivity contribution in [1.29, 1.82) is 0 Å². The van der Waals surface area contributed by atoms with Crippen LogP contribution in [-0.4, -0.2) is 59.9 Å². The molecule has 2 aromatic carbocycles. The van der Waals surface area contributed by atoms with Crippen molar-refractivity contribution in [3.63, 3.8) is 0 Å². The van der Waals surface area contributed by atoms with Crippen molar-refractivity contribution in [2.75, 3.05) is 49.3 Å². The molecule has 9 nitrogen and oxygen atoms in total. The highest BCUT2D eigenvalue weighted by molar-refractivity contribution is 7.92. The number of benzene rings is 2. The van der Waals surface area contributed by atoms with Gasteiger partial charge >= 0.3 is 0 Å². The number of hydrogen-bond acceptors (Lipinski definition) is 6. The molecule has 0 unspecified atom stereocenters. The summed E-state index contributed by atoms with van der Waals surface area (Å²) < 4.78 is 36.2. The molecule has 2 aromatic rings. The van der Waals surface area contributed by atoms with Crippen LogP contribution in [0.25, 0.3) is 0 Å². The third-order valence-electron chi connectivity index (χ3n) is 4.54. The maximum atomic E-state index is 12.7. The smallest absolute Gasteiger partial charge is 0.253 e. The average molecular weight is 478 g/mol. The van der Waals surface area contributed by atoms with Gasteiger partial charge < -0.3 is 20.1 Å². The van der Waals surface area contributed by atoms with Crippen molar-refractivity contribution in [1.82, 2.24) is 5.32 Å². The second kappa shape index (κ2) is 12.8. The first-order valence-corrected chi connectivity index (χ1v) is 12.5. The Balaban J connectivity index is 2.11. The predicted octanol–water partition coefficient (Wildman–Crippen LogP) is 2.65. The molecule has 0 heterocycles. The molecular weight excluding hydrogens is 446 g/mol. The van der Waals surface area contributed by atoms with Crippen LogP contribution in [0.2, 0.25) is 0 Å². The topological polar surface area (TPSA) is 114 Å². The SMILES string of the molecule is CCCOc1ccc(N(CC(=O)Nc2ccccc2C(=O)NCCCOC)S(C)(=O)=O)cc1. The highest BCUT2D eigenvalue weighted by Gasteiger charge is 2.22. The van der Waals surface area contributed by atoms with Crippen molar-refractivity contribution in [3.05, 3.63) is 54.1 Å². The Labute approximate surface area is 195 Å². The summed E-state index contributed by atoms with van der Waals surface area (Å²) in [6, 6.07) is 13.0. The van der Waals surface area contributed by atoms with E-state index in [1.54, 1.807) is 55.6 Å². The number of ether oxygens (including phenoxy) is 2. The normalized spacial score (nSPS) is 11.0. The number of rotatable bonds is 13. The molecule has 0 aliphatic carbocycles. The first-order valence-electron chi connectivity index (χ1n) is 10.6. The van der Waals surface area contributed by atoms with Gasteiger partial charge in [-0.2, -0.15) is 0 Å². The number of hydrogen-bond donors (Lipinski definition) is 2. The van der Waals surface area contributed by atoms with Gasteiger partial charge in [-0.3, -0.25) is 13.9 Å². The number of amides is 2. The Morgan fingerprint density at radius 1 is 1.03 bits per heavy atom. The summed E-state index contributed by atoms with van der Waals surface area (Å²) in [5.74, 6) is -0.306. The molecular formula is C23H31N3O6S. The molecule has 0 saturated heterocycles. The molecule has 180 valence electrons. The van der Waals surface area contributed by atoms with Crippen LogP contribution < -0.4 is 19.7 Å². The van der Waals surface area contributed by atoms with Crippen molar-refractivity contribution in [2.45, 2.75) is 19.8 Å². The molecule has 2 rings (SSSR count). The van der Waals surface area contributed by atoms with Crippen molar-refractivity contribution in [2.24, 2.45) is 0 Å². The largest absolute Gasteiger partial charge is 0.494 e. The van der Waals surface area contributed by atoms with Gasteiger partial charge in [0, 0.05) is 20.3 Å². The molecule has 0 aromatic heterocycles. The van der Waals surface area contributed by atoms with Crippen LogP contribution in [0.3, 0.4) is 0 Å². The quantitative estimate of drug-likeness (QED) is 0.429. The van der Waals surface area contributed by atoms with Crippen LogP contribution in [0.5, 0.6) is 5.75 Å². The summed E-state index contributed by atoms with van der Waals surface area (Å²) in [4.78, 5) is 25.2. The molecule has 0 fully saturated rings. The lowest BCUT2D eigenvalue weighted by Crippen LogP contribution is -2.37. The molecule has 0 aliphatic rings. The number of anilines is 2. The van der Waals surface area contributed by atoms with Gasteiger partial charge in [0.1, 0.15) is 12.3 Å². The average Bonchev–Trinajstić information content (AvgIpc) is 2.79. The molecule has 0 saturated carbocycles. The molecule has 2 N–H and O–H groups in total. The number of sulfonamides is 1. The van der Waals surface area contributed by atoms with Crippen LogP contribution in [0.1, 0.15) is 30.1 Å². The van der Waals surface area contributed by atoms with E-state index in [4.69, 9.17) is 9.47 Å². The first-order chi connectivity index (χ1) is 15.8. The van der Waals surface area contributed by atoms with E-state index in [2.05, 4.69) is 10.6 Å². The van der Waals surface area contributed by atoms with Crippen LogP contribution in [0.4, 0.5) is 11.4 Å². The van der Waals surface area contributed by atoms with Gasteiger partial charge in [-0.15, -0.1) is 0 Å². The minimum Gasteiger partial charge on any atom is -0.494 e. The summed E-state index contributed by atoms with van der Waals surface area (Å²) >= 11 is 0.